The zero-order valence-corrected chi connectivity index (χ0v) is 9.73. The lowest BCUT2D eigenvalue weighted by molar-refractivity contribution is 0.167. The van der Waals surface area contributed by atoms with Gasteiger partial charge in [0.05, 0.1) is 0 Å². The highest BCUT2D eigenvalue weighted by Gasteiger charge is 2.39. The molecule has 1 aromatic rings. The van der Waals surface area contributed by atoms with Gasteiger partial charge < -0.3 is 15.5 Å². The van der Waals surface area contributed by atoms with Gasteiger partial charge in [-0.05, 0) is 25.0 Å². The van der Waals surface area contributed by atoms with Gasteiger partial charge in [-0.25, -0.2) is 4.79 Å². The molecule has 4 nitrogen and oxygen atoms in total. The molecule has 2 saturated heterocycles. The number of hydrogen-bond donors (Lipinski definition) is 2. The summed E-state index contributed by atoms with van der Waals surface area (Å²) in [5, 5.41) is 6.35. The quantitative estimate of drug-likeness (QED) is 0.772. The molecule has 0 aliphatic carbocycles. The van der Waals surface area contributed by atoms with Crippen molar-refractivity contribution in [2.45, 2.75) is 24.9 Å². The van der Waals surface area contributed by atoms with E-state index in [0.717, 1.165) is 31.6 Å². The predicted octanol–water partition coefficient (Wildman–Crippen LogP) is 1.65. The lowest BCUT2D eigenvalue weighted by Crippen LogP contribution is -2.55. The van der Waals surface area contributed by atoms with Crippen LogP contribution in [0.3, 0.4) is 0 Å². The Morgan fingerprint density at radius 3 is 2.47 bits per heavy atom. The van der Waals surface area contributed by atoms with Gasteiger partial charge in [0, 0.05) is 30.9 Å². The van der Waals surface area contributed by atoms with Crippen LogP contribution in [0.4, 0.5) is 10.5 Å². The molecular weight excluding hydrogens is 214 g/mol. The zero-order valence-electron chi connectivity index (χ0n) is 9.73. The fraction of sp³-hybridized carbons (Fsp3) is 0.462. The monoisotopic (exact) mass is 231 g/mol. The van der Waals surface area contributed by atoms with Crippen LogP contribution >= 0.6 is 0 Å². The van der Waals surface area contributed by atoms with E-state index in [9.17, 15) is 4.79 Å². The Morgan fingerprint density at radius 2 is 1.82 bits per heavy atom. The van der Waals surface area contributed by atoms with Crippen LogP contribution < -0.4 is 10.6 Å². The summed E-state index contributed by atoms with van der Waals surface area (Å²) in [5.41, 5.74) is 0.871. The Morgan fingerprint density at radius 1 is 1.18 bits per heavy atom. The number of hydrogen-bond acceptors (Lipinski definition) is 2. The van der Waals surface area contributed by atoms with E-state index in [1.54, 1.807) is 0 Å². The minimum Gasteiger partial charge on any atom is -0.316 e. The van der Waals surface area contributed by atoms with Crippen molar-refractivity contribution in [3.05, 3.63) is 30.3 Å². The molecule has 0 aromatic heterocycles. The summed E-state index contributed by atoms with van der Waals surface area (Å²) in [4.78, 5) is 14.2. The third kappa shape index (κ3) is 2.00. The third-order valence-corrected chi connectivity index (χ3v) is 3.64. The maximum Gasteiger partial charge on any atom is 0.322 e. The maximum atomic E-state index is 12.2. The van der Waals surface area contributed by atoms with E-state index < -0.39 is 0 Å². The Bertz CT molecular complexity index is 390. The van der Waals surface area contributed by atoms with E-state index >= 15 is 0 Å². The maximum absolute atomic E-state index is 12.2. The predicted molar refractivity (Wildman–Crippen MR) is 67.0 cm³/mol. The second-order valence-corrected chi connectivity index (χ2v) is 4.75. The van der Waals surface area contributed by atoms with Crippen LogP contribution in [0.1, 0.15) is 12.8 Å². The van der Waals surface area contributed by atoms with Gasteiger partial charge in [-0.2, -0.15) is 0 Å². The highest BCUT2D eigenvalue weighted by atomic mass is 16.2. The average molecular weight is 231 g/mol. The highest BCUT2D eigenvalue weighted by Crippen LogP contribution is 2.27. The summed E-state index contributed by atoms with van der Waals surface area (Å²) in [6.45, 7) is 1.86. The first-order chi connectivity index (χ1) is 8.34. The lowest BCUT2D eigenvalue weighted by atomic mass is 10.2. The molecule has 2 aliphatic rings. The van der Waals surface area contributed by atoms with Gasteiger partial charge in [-0.3, -0.25) is 0 Å². The van der Waals surface area contributed by atoms with Gasteiger partial charge in [0.25, 0.3) is 0 Å². The number of rotatable bonds is 1. The number of piperazine rings is 1. The van der Waals surface area contributed by atoms with Crippen molar-refractivity contribution >= 4 is 11.7 Å². The Kier molecular flexibility index (Phi) is 2.73. The van der Waals surface area contributed by atoms with E-state index in [2.05, 4.69) is 10.6 Å². The molecule has 17 heavy (non-hydrogen) atoms. The number of benzene rings is 1. The summed E-state index contributed by atoms with van der Waals surface area (Å²) >= 11 is 0. The van der Waals surface area contributed by atoms with E-state index in [4.69, 9.17) is 0 Å². The van der Waals surface area contributed by atoms with E-state index in [-0.39, 0.29) is 6.03 Å². The number of para-hydroxylation sites is 1. The van der Waals surface area contributed by atoms with E-state index in [0.29, 0.717) is 12.1 Å². The summed E-state index contributed by atoms with van der Waals surface area (Å²) in [7, 11) is 0. The molecule has 3 rings (SSSR count). The van der Waals surface area contributed by atoms with Crippen molar-refractivity contribution in [3.63, 3.8) is 0 Å². The summed E-state index contributed by atoms with van der Waals surface area (Å²) in [5.74, 6) is 0. The molecule has 90 valence electrons. The van der Waals surface area contributed by atoms with Crippen molar-refractivity contribution in [1.82, 2.24) is 10.2 Å². The number of carbonyl (C=O) groups excluding carboxylic acids is 1. The van der Waals surface area contributed by atoms with Crippen molar-refractivity contribution in [2.24, 2.45) is 0 Å². The molecule has 2 heterocycles. The van der Waals surface area contributed by atoms with Crippen molar-refractivity contribution in [1.29, 1.82) is 0 Å². The van der Waals surface area contributed by atoms with Crippen LogP contribution in [0.2, 0.25) is 0 Å². The van der Waals surface area contributed by atoms with Crippen molar-refractivity contribution in [3.8, 4) is 0 Å². The standard InChI is InChI=1S/C13H17N3O/c17-13(15-10-4-2-1-3-5-10)16-11-6-7-12(16)9-14-8-11/h1-5,11-12,14H,6-9H2,(H,15,17). The summed E-state index contributed by atoms with van der Waals surface area (Å²) < 4.78 is 0. The average Bonchev–Trinajstić information content (AvgIpc) is 2.61. The molecule has 0 radical (unpaired) electrons. The molecule has 4 heteroatoms. The zero-order chi connectivity index (χ0) is 11.7. The number of fused-ring (bicyclic) bond motifs is 2. The smallest absolute Gasteiger partial charge is 0.316 e. The normalized spacial score (nSPS) is 26.9. The molecule has 2 unspecified atom stereocenters. The number of carbonyl (C=O) groups is 1. The van der Waals surface area contributed by atoms with Gasteiger partial charge >= 0.3 is 6.03 Å². The van der Waals surface area contributed by atoms with Gasteiger partial charge in [0.15, 0.2) is 0 Å². The Labute approximate surface area is 101 Å². The topological polar surface area (TPSA) is 44.4 Å². The number of urea groups is 1. The molecular formula is C13H17N3O. The molecule has 1 aromatic carbocycles. The summed E-state index contributed by atoms with van der Waals surface area (Å²) in [6.07, 6.45) is 2.25. The second kappa shape index (κ2) is 4.37. The minimum atomic E-state index is 0.0465. The van der Waals surface area contributed by atoms with Crippen LogP contribution in [0.25, 0.3) is 0 Å². The molecule has 2 N–H and O–H groups in total. The van der Waals surface area contributed by atoms with Crippen LogP contribution in [0.15, 0.2) is 30.3 Å². The van der Waals surface area contributed by atoms with Crippen molar-refractivity contribution < 1.29 is 4.79 Å². The van der Waals surface area contributed by atoms with Gasteiger partial charge in [0.1, 0.15) is 0 Å². The highest BCUT2D eigenvalue weighted by molar-refractivity contribution is 5.90. The first-order valence-electron chi connectivity index (χ1n) is 6.19. The van der Waals surface area contributed by atoms with Crippen LogP contribution in [0.5, 0.6) is 0 Å². The minimum absolute atomic E-state index is 0.0465. The van der Waals surface area contributed by atoms with Crippen LogP contribution in [-0.4, -0.2) is 36.1 Å². The van der Waals surface area contributed by atoms with Gasteiger partial charge in [-0.1, -0.05) is 18.2 Å². The molecule has 2 fully saturated rings. The molecule has 2 aliphatic heterocycles. The molecule has 2 atom stereocenters. The molecule has 0 spiro atoms. The number of anilines is 1. The largest absolute Gasteiger partial charge is 0.322 e. The molecule has 2 amide bonds. The molecule has 2 bridgehead atoms. The molecule has 0 saturated carbocycles. The SMILES string of the molecule is O=C(Nc1ccccc1)N1C2CCC1CNC2. The Hall–Kier alpha value is -1.55. The van der Waals surface area contributed by atoms with E-state index in [1.807, 2.05) is 35.2 Å². The third-order valence-electron chi connectivity index (χ3n) is 3.64. The fourth-order valence-electron chi connectivity index (χ4n) is 2.82. The number of amides is 2. The lowest BCUT2D eigenvalue weighted by Gasteiger charge is -2.35. The van der Waals surface area contributed by atoms with Gasteiger partial charge in [-0.15, -0.1) is 0 Å². The van der Waals surface area contributed by atoms with Crippen LogP contribution in [-0.2, 0) is 0 Å². The van der Waals surface area contributed by atoms with Crippen LogP contribution in [0, 0.1) is 0 Å². The number of nitrogens with zero attached hydrogens (tertiary/aromatic N) is 1. The second-order valence-electron chi connectivity index (χ2n) is 4.75. The Balaban J connectivity index is 1.71. The fourth-order valence-corrected chi connectivity index (χ4v) is 2.82. The van der Waals surface area contributed by atoms with E-state index in [1.165, 1.54) is 0 Å². The number of nitrogens with one attached hydrogen (secondary N) is 2. The van der Waals surface area contributed by atoms with Crippen molar-refractivity contribution in [2.75, 3.05) is 18.4 Å². The van der Waals surface area contributed by atoms with Gasteiger partial charge in [0.2, 0.25) is 0 Å². The first kappa shape index (κ1) is 10.6. The first-order valence-corrected chi connectivity index (χ1v) is 6.19. The summed E-state index contributed by atoms with van der Waals surface area (Å²) in [6, 6.07) is 10.4.